The molecule has 1 aliphatic rings. The Labute approximate surface area is 102 Å². The second-order valence-electron chi connectivity index (χ2n) is 4.95. The summed E-state index contributed by atoms with van der Waals surface area (Å²) in [5, 5.41) is 9.81. The SMILES string of the molecule is CC(=O)c1ccc(N2CCCC(C)C2)cc1O. The number of rotatable bonds is 2. The predicted molar refractivity (Wildman–Crippen MR) is 68.7 cm³/mol. The molecule has 1 unspecified atom stereocenters. The highest BCUT2D eigenvalue weighted by Crippen LogP contribution is 2.28. The molecule has 0 spiro atoms. The van der Waals surface area contributed by atoms with Gasteiger partial charge in [-0.05, 0) is 37.8 Å². The number of nitrogens with zero attached hydrogens (tertiary/aromatic N) is 1. The first-order valence-electron chi connectivity index (χ1n) is 6.17. The van der Waals surface area contributed by atoms with E-state index in [0.29, 0.717) is 11.5 Å². The molecule has 2 rings (SSSR count). The van der Waals surface area contributed by atoms with E-state index in [4.69, 9.17) is 0 Å². The highest BCUT2D eigenvalue weighted by Gasteiger charge is 2.17. The van der Waals surface area contributed by atoms with Crippen molar-refractivity contribution >= 4 is 11.5 Å². The molecule has 0 bridgehead atoms. The van der Waals surface area contributed by atoms with Gasteiger partial charge in [-0.1, -0.05) is 6.92 Å². The van der Waals surface area contributed by atoms with Crippen molar-refractivity contribution in [2.75, 3.05) is 18.0 Å². The second-order valence-corrected chi connectivity index (χ2v) is 4.95. The first kappa shape index (κ1) is 12.0. The van der Waals surface area contributed by atoms with Crippen LogP contribution in [0.5, 0.6) is 5.75 Å². The number of Topliss-reactive ketones (excluding diaryl/α,β-unsaturated/α-hetero) is 1. The van der Waals surface area contributed by atoms with E-state index in [9.17, 15) is 9.90 Å². The smallest absolute Gasteiger partial charge is 0.163 e. The third kappa shape index (κ3) is 2.60. The second kappa shape index (κ2) is 4.78. The Bertz CT molecular complexity index is 428. The van der Waals surface area contributed by atoms with Crippen LogP contribution in [0.15, 0.2) is 18.2 Å². The fourth-order valence-corrected chi connectivity index (χ4v) is 2.44. The minimum atomic E-state index is -0.0962. The van der Waals surface area contributed by atoms with Crippen LogP contribution in [-0.4, -0.2) is 24.0 Å². The maximum atomic E-state index is 11.2. The Balaban J connectivity index is 2.22. The lowest BCUT2D eigenvalue weighted by Gasteiger charge is -2.33. The molecular formula is C14H19NO2. The van der Waals surface area contributed by atoms with Crippen molar-refractivity contribution in [2.24, 2.45) is 5.92 Å². The maximum Gasteiger partial charge on any atom is 0.163 e. The maximum absolute atomic E-state index is 11.2. The number of carbonyl (C=O) groups is 1. The Morgan fingerprint density at radius 1 is 1.47 bits per heavy atom. The molecule has 3 nitrogen and oxygen atoms in total. The zero-order valence-corrected chi connectivity index (χ0v) is 10.4. The molecule has 1 fully saturated rings. The number of aromatic hydroxyl groups is 1. The van der Waals surface area contributed by atoms with E-state index in [1.807, 2.05) is 6.07 Å². The average molecular weight is 233 g/mol. The molecule has 0 aliphatic carbocycles. The Morgan fingerprint density at radius 2 is 2.24 bits per heavy atom. The van der Waals surface area contributed by atoms with Gasteiger partial charge in [0.05, 0.1) is 5.56 Å². The van der Waals surface area contributed by atoms with Gasteiger partial charge in [-0.3, -0.25) is 4.79 Å². The number of phenolic OH excluding ortho intramolecular Hbond substituents is 1. The van der Waals surface area contributed by atoms with Crippen LogP contribution in [0.2, 0.25) is 0 Å². The summed E-state index contributed by atoms with van der Waals surface area (Å²) in [5.74, 6) is 0.688. The Morgan fingerprint density at radius 3 is 2.82 bits per heavy atom. The fraction of sp³-hybridized carbons (Fsp3) is 0.500. The van der Waals surface area contributed by atoms with Gasteiger partial charge in [-0.25, -0.2) is 0 Å². The minimum absolute atomic E-state index is 0.0910. The molecule has 1 atom stereocenters. The summed E-state index contributed by atoms with van der Waals surface area (Å²) in [6.07, 6.45) is 2.46. The number of phenols is 1. The Kier molecular flexibility index (Phi) is 3.36. The van der Waals surface area contributed by atoms with Crippen LogP contribution in [0.25, 0.3) is 0 Å². The molecule has 1 heterocycles. The van der Waals surface area contributed by atoms with Crippen molar-refractivity contribution in [2.45, 2.75) is 26.7 Å². The molecule has 0 aromatic heterocycles. The summed E-state index contributed by atoms with van der Waals surface area (Å²) >= 11 is 0. The lowest BCUT2D eigenvalue weighted by molar-refractivity contribution is 0.101. The zero-order valence-electron chi connectivity index (χ0n) is 10.4. The number of hydrogen-bond donors (Lipinski definition) is 1. The van der Waals surface area contributed by atoms with Crippen LogP contribution in [-0.2, 0) is 0 Å². The van der Waals surface area contributed by atoms with Gasteiger partial charge in [-0.2, -0.15) is 0 Å². The first-order chi connectivity index (χ1) is 8.08. The molecule has 1 N–H and O–H groups in total. The molecule has 1 aliphatic heterocycles. The fourth-order valence-electron chi connectivity index (χ4n) is 2.44. The van der Waals surface area contributed by atoms with E-state index >= 15 is 0 Å². The van der Waals surface area contributed by atoms with Gasteiger partial charge in [0.1, 0.15) is 5.75 Å². The van der Waals surface area contributed by atoms with Gasteiger partial charge >= 0.3 is 0 Å². The van der Waals surface area contributed by atoms with Crippen LogP contribution in [0.4, 0.5) is 5.69 Å². The van der Waals surface area contributed by atoms with Crippen LogP contribution >= 0.6 is 0 Å². The molecular weight excluding hydrogens is 214 g/mol. The number of carbonyl (C=O) groups excluding carboxylic acids is 1. The summed E-state index contributed by atoms with van der Waals surface area (Å²) in [4.78, 5) is 13.5. The summed E-state index contributed by atoms with van der Waals surface area (Å²) in [6.45, 7) is 5.77. The molecule has 0 saturated carbocycles. The van der Waals surface area contributed by atoms with Crippen molar-refractivity contribution in [3.63, 3.8) is 0 Å². The molecule has 3 heteroatoms. The van der Waals surface area contributed by atoms with E-state index in [1.165, 1.54) is 19.8 Å². The van der Waals surface area contributed by atoms with Gasteiger partial charge in [0, 0.05) is 24.8 Å². The van der Waals surface area contributed by atoms with Gasteiger partial charge in [-0.15, -0.1) is 0 Å². The van der Waals surface area contributed by atoms with E-state index in [0.717, 1.165) is 18.8 Å². The number of piperidine rings is 1. The van der Waals surface area contributed by atoms with Gasteiger partial charge in [0.2, 0.25) is 0 Å². The summed E-state index contributed by atoms with van der Waals surface area (Å²) in [5.41, 5.74) is 1.41. The standard InChI is InChI=1S/C14H19NO2/c1-10-4-3-7-15(9-10)12-5-6-13(11(2)16)14(17)8-12/h5-6,8,10,17H,3-4,7,9H2,1-2H3. The van der Waals surface area contributed by atoms with Crippen LogP contribution in [0.1, 0.15) is 37.0 Å². The number of anilines is 1. The normalized spacial score (nSPS) is 20.4. The number of benzene rings is 1. The summed E-state index contributed by atoms with van der Waals surface area (Å²) in [6, 6.07) is 5.34. The van der Waals surface area contributed by atoms with E-state index in [2.05, 4.69) is 11.8 Å². The van der Waals surface area contributed by atoms with Gasteiger partial charge < -0.3 is 10.0 Å². The monoisotopic (exact) mass is 233 g/mol. The van der Waals surface area contributed by atoms with Crippen LogP contribution in [0.3, 0.4) is 0 Å². The van der Waals surface area contributed by atoms with Crippen molar-refractivity contribution in [3.05, 3.63) is 23.8 Å². The Hall–Kier alpha value is -1.51. The zero-order chi connectivity index (χ0) is 12.4. The summed E-state index contributed by atoms with van der Waals surface area (Å²) in [7, 11) is 0. The largest absolute Gasteiger partial charge is 0.507 e. The van der Waals surface area contributed by atoms with Crippen molar-refractivity contribution in [1.29, 1.82) is 0 Å². The van der Waals surface area contributed by atoms with Crippen molar-refractivity contribution < 1.29 is 9.90 Å². The molecule has 92 valence electrons. The lowest BCUT2D eigenvalue weighted by Crippen LogP contribution is -2.34. The number of ketones is 1. The molecule has 1 aromatic rings. The van der Waals surface area contributed by atoms with Crippen LogP contribution < -0.4 is 4.90 Å². The van der Waals surface area contributed by atoms with Gasteiger partial charge in [0.15, 0.2) is 5.78 Å². The highest BCUT2D eigenvalue weighted by molar-refractivity contribution is 5.97. The average Bonchev–Trinajstić information content (AvgIpc) is 2.28. The molecule has 1 aromatic carbocycles. The third-order valence-corrected chi connectivity index (χ3v) is 3.38. The topological polar surface area (TPSA) is 40.5 Å². The summed E-state index contributed by atoms with van der Waals surface area (Å²) < 4.78 is 0. The number of hydrogen-bond acceptors (Lipinski definition) is 3. The van der Waals surface area contributed by atoms with E-state index < -0.39 is 0 Å². The molecule has 1 saturated heterocycles. The van der Waals surface area contributed by atoms with Gasteiger partial charge in [0.25, 0.3) is 0 Å². The van der Waals surface area contributed by atoms with E-state index in [-0.39, 0.29) is 11.5 Å². The first-order valence-corrected chi connectivity index (χ1v) is 6.17. The third-order valence-electron chi connectivity index (χ3n) is 3.38. The lowest BCUT2D eigenvalue weighted by atomic mass is 9.99. The molecule has 0 radical (unpaired) electrons. The van der Waals surface area contributed by atoms with Crippen molar-refractivity contribution in [1.82, 2.24) is 0 Å². The van der Waals surface area contributed by atoms with E-state index in [1.54, 1.807) is 12.1 Å². The van der Waals surface area contributed by atoms with Crippen LogP contribution in [0, 0.1) is 5.92 Å². The molecule has 0 amide bonds. The predicted octanol–water partition coefficient (Wildman–Crippen LogP) is 2.83. The highest BCUT2D eigenvalue weighted by atomic mass is 16.3. The minimum Gasteiger partial charge on any atom is -0.507 e. The quantitative estimate of drug-likeness (QED) is 0.798. The van der Waals surface area contributed by atoms with Crippen molar-refractivity contribution in [3.8, 4) is 5.75 Å². The molecule has 17 heavy (non-hydrogen) atoms.